The van der Waals surface area contributed by atoms with E-state index in [0.29, 0.717) is 11.0 Å². The van der Waals surface area contributed by atoms with Crippen LogP contribution >= 0.6 is 0 Å². The zero-order valence-electron chi connectivity index (χ0n) is 13.7. The van der Waals surface area contributed by atoms with E-state index in [1.54, 1.807) is 0 Å². The molecule has 11 nitrogen and oxygen atoms in total. The second-order valence-corrected chi connectivity index (χ2v) is 6.60. The summed E-state index contributed by atoms with van der Waals surface area (Å²) in [5.41, 5.74) is 0. The van der Waals surface area contributed by atoms with Gasteiger partial charge in [-0.05, 0) is 13.8 Å². The van der Waals surface area contributed by atoms with Gasteiger partial charge in [-0.2, -0.15) is 8.42 Å². The zero-order valence-corrected chi connectivity index (χ0v) is 14.5. The fourth-order valence-electron chi connectivity index (χ4n) is 1.85. The molecular weight excluding hydrogens is 372 g/mol. The van der Waals surface area contributed by atoms with Gasteiger partial charge in [-0.15, -0.1) is 0 Å². The molecule has 0 aromatic carbocycles. The van der Waals surface area contributed by atoms with Crippen molar-refractivity contribution in [2.24, 2.45) is 0 Å². The molecule has 0 fully saturated rings. The Labute approximate surface area is 147 Å². The van der Waals surface area contributed by atoms with Gasteiger partial charge in [0.1, 0.15) is 11.6 Å². The van der Waals surface area contributed by atoms with Crippen LogP contribution in [0.15, 0.2) is 23.1 Å². The first-order valence-corrected chi connectivity index (χ1v) is 8.36. The number of amides is 4. The largest absolute Gasteiger partial charge is 0.300 e. The number of imide groups is 2. The molecule has 0 aromatic heterocycles. The molecule has 2 rings (SSSR count). The highest BCUT2D eigenvalue weighted by Gasteiger charge is 2.38. The van der Waals surface area contributed by atoms with Crippen molar-refractivity contribution in [3.63, 3.8) is 0 Å². The van der Waals surface area contributed by atoms with Crippen molar-refractivity contribution in [3.8, 4) is 0 Å². The van der Waals surface area contributed by atoms with Crippen molar-refractivity contribution in [2.75, 3.05) is 13.1 Å². The molecule has 1 N–H and O–H groups in total. The third kappa shape index (κ3) is 5.26. The molecule has 0 radical (unpaired) electrons. The quantitative estimate of drug-likeness (QED) is 0.425. The van der Waals surface area contributed by atoms with E-state index in [2.05, 4.69) is 0 Å². The summed E-state index contributed by atoms with van der Waals surface area (Å²) in [6.07, 6.45) is 2.80. The van der Waals surface area contributed by atoms with Crippen molar-refractivity contribution in [1.82, 2.24) is 9.80 Å². The first-order chi connectivity index (χ1) is 11.8. The number of carbonyl (C=O) groups excluding carboxylic acids is 6. The number of hydrogen-bond donors (Lipinski definition) is 1. The van der Waals surface area contributed by atoms with Crippen LogP contribution < -0.4 is 0 Å². The second-order valence-electron chi connectivity index (χ2n) is 5.21. The number of carbonyl (C=O) groups is 6. The summed E-state index contributed by atoms with van der Waals surface area (Å²) in [6, 6.07) is 0. The van der Waals surface area contributed by atoms with Crippen LogP contribution in [0.2, 0.25) is 0 Å². The predicted octanol–water partition coefficient (Wildman–Crippen LogP) is -1.78. The lowest BCUT2D eigenvalue weighted by Gasteiger charge is -2.11. The van der Waals surface area contributed by atoms with E-state index < -0.39 is 51.0 Å². The van der Waals surface area contributed by atoms with Gasteiger partial charge in [0.2, 0.25) is 0 Å². The van der Waals surface area contributed by atoms with Crippen molar-refractivity contribution in [1.29, 1.82) is 0 Å². The van der Waals surface area contributed by atoms with Crippen LogP contribution in [0.25, 0.3) is 0 Å². The lowest BCUT2D eigenvalue weighted by atomic mass is 10.4. The zero-order chi connectivity index (χ0) is 20.2. The van der Waals surface area contributed by atoms with Crippen LogP contribution in [0.3, 0.4) is 0 Å². The molecule has 12 heteroatoms. The average Bonchev–Trinajstić information content (AvgIpc) is 2.94. The van der Waals surface area contributed by atoms with E-state index in [4.69, 9.17) is 4.55 Å². The second kappa shape index (κ2) is 7.93. The van der Waals surface area contributed by atoms with E-state index >= 15 is 0 Å². The van der Waals surface area contributed by atoms with Gasteiger partial charge < -0.3 is 0 Å². The molecule has 2 heterocycles. The van der Waals surface area contributed by atoms with Crippen LogP contribution in [0.5, 0.6) is 0 Å². The first kappa shape index (κ1) is 21.1. The van der Waals surface area contributed by atoms with Crippen LogP contribution in [-0.4, -0.2) is 71.1 Å². The Morgan fingerprint density at radius 1 is 0.885 bits per heavy atom. The maximum absolute atomic E-state index is 11.2. The molecule has 0 aliphatic carbocycles. The average molecular weight is 386 g/mol. The van der Waals surface area contributed by atoms with Gasteiger partial charge in [0.15, 0.2) is 4.91 Å². The van der Waals surface area contributed by atoms with Crippen molar-refractivity contribution in [3.05, 3.63) is 23.1 Å². The highest BCUT2D eigenvalue weighted by Crippen LogP contribution is 2.17. The van der Waals surface area contributed by atoms with E-state index in [0.717, 1.165) is 24.0 Å². The van der Waals surface area contributed by atoms with Gasteiger partial charge in [-0.3, -0.25) is 43.1 Å². The molecule has 4 amide bonds. The maximum atomic E-state index is 11.2. The Bertz CT molecular complexity index is 849. The molecule has 0 bridgehead atoms. The summed E-state index contributed by atoms with van der Waals surface area (Å²) >= 11 is 0. The fourth-order valence-corrected chi connectivity index (χ4v) is 2.43. The van der Waals surface area contributed by atoms with Crippen molar-refractivity contribution in [2.45, 2.75) is 13.8 Å². The molecular formula is C14H14N2O9S. The number of hydrogen-bond acceptors (Lipinski definition) is 8. The minimum Gasteiger partial charge on any atom is -0.298 e. The Morgan fingerprint density at radius 3 is 1.65 bits per heavy atom. The van der Waals surface area contributed by atoms with Gasteiger partial charge >= 0.3 is 0 Å². The van der Waals surface area contributed by atoms with Crippen molar-refractivity contribution >= 4 is 45.3 Å². The smallest absolute Gasteiger partial charge is 0.298 e. The van der Waals surface area contributed by atoms with Crippen LogP contribution in [0.4, 0.5) is 0 Å². The highest BCUT2D eigenvalue weighted by molar-refractivity contribution is 7.91. The predicted molar refractivity (Wildman–Crippen MR) is 83.6 cm³/mol. The molecule has 0 saturated carbocycles. The molecule has 0 aromatic rings. The van der Waals surface area contributed by atoms with E-state index in [9.17, 15) is 37.2 Å². The van der Waals surface area contributed by atoms with Crippen LogP contribution in [0.1, 0.15) is 13.8 Å². The number of nitrogens with zero attached hydrogens (tertiary/aromatic N) is 2. The molecule has 0 saturated heterocycles. The Hall–Kier alpha value is -2.99. The van der Waals surface area contributed by atoms with Crippen LogP contribution in [0, 0.1) is 0 Å². The molecule has 0 atom stereocenters. The lowest BCUT2D eigenvalue weighted by Crippen LogP contribution is -2.35. The molecule has 2 aliphatic rings. The van der Waals surface area contributed by atoms with E-state index in [1.807, 2.05) is 0 Å². The third-order valence-corrected chi connectivity index (χ3v) is 3.76. The summed E-state index contributed by atoms with van der Waals surface area (Å²) in [6.45, 7) is 1.85. The SMILES string of the molecule is CC(=O)CN1C(=O)C=C(S(=O)(=O)O)C1=O.CC(=O)CN1C(=O)C=CC1=O. The summed E-state index contributed by atoms with van der Waals surface area (Å²) in [4.78, 5) is 65.4. The third-order valence-electron chi connectivity index (χ3n) is 2.92. The van der Waals surface area contributed by atoms with Gasteiger partial charge in [-0.25, -0.2) is 0 Å². The molecule has 0 spiro atoms. The minimum atomic E-state index is -4.72. The van der Waals surface area contributed by atoms with Crippen LogP contribution in [-0.2, 0) is 38.9 Å². The summed E-state index contributed by atoms with van der Waals surface area (Å²) in [5.74, 6) is -3.60. The molecule has 2 aliphatic heterocycles. The summed E-state index contributed by atoms with van der Waals surface area (Å²) < 4.78 is 29.8. The van der Waals surface area contributed by atoms with Gasteiger partial charge in [0.25, 0.3) is 33.7 Å². The Kier molecular flexibility index (Phi) is 6.42. The number of rotatable bonds is 5. The molecule has 0 unspecified atom stereocenters. The minimum absolute atomic E-state index is 0.120. The van der Waals surface area contributed by atoms with Gasteiger partial charge in [-0.1, -0.05) is 0 Å². The van der Waals surface area contributed by atoms with Crippen molar-refractivity contribution < 1.29 is 41.7 Å². The Morgan fingerprint density at radius 2 is 1.31 bits per heavy atom. The Balaban J connectivity index is 0.000000273. The van der Waals surface area contributed by atoms with Gasteiger partial charge in [0, 0.05) is 18.2 Å². The lowest BCUT2D eigenvalue weighted by molar-refractivity contribution is -0.140. The summed E-state index contributed by atoms with van der Waals surface area (Å²) in [7, 11) is -4.72. The van der Waals surface area contributed by atoms with E-state index in [1.165, 1.54) is 6.92 Å². The highest BCUT2D eigenvalue weighted by atomic mass is 32.2. The maximum Gasteiger partial charge on any atom is 0.300 e. The molecule has 140 valence electrons. The topological polar surface area (TPSA) is 163 Å². The number of ketones is 2. The van der Waals surface area contributed by atoms with E-state index in [-0.39, 0.29) is 12.3 Å². The van der Waals surface area contributed by atoms with Gasteiger partial charge in [0.05, 0.1) is 13.1 Å². The fraction of sp³-hybridized carbons (Fsp3) is 0.286. The number of Topliss-reactive ketones (excluding diaryl/α,β-unsaturated/α-hetero) is 2. The normalized spacial score (nSPS) is 16.7. The first-order valence-electron chi connectivity index (χ1n) is 6.92. The monoisotopic (exact) mass is 386 g/mol. The summed E-state index contributed by atoms with van der Waals surface area (Å²) in [5, 5.41) is 0. The standard InChI is InChI=1S/C7H7NO6S.C7H7NO3/c1-4(9)3-8-6(10)2-5(7(8)11)15(12,13)14;1-5(9)4-8-6(10)2-3-7(8)11/h2H,3H2,1H3,(H,12,13,14);2-3H,4H2,1H3. The molecule has 26 heavy (non-hydrogen) atoms.